The van der Waals surface area contributed by atoms with Gasteiger partial charge in [0.15, 0.2) is 11.6 Å². The largest absolute Gasteiger partial charge is 0.336 e. The van der Waals surface area contributed by atoms with Crippen molar-refractivity contribution in [3.63, 3.8) is 0 Å². The number of halogens is 3. The highest BCUT2D eigenvalue weighted by Gasteiger charge is 2.24. The Labute approximate surface area is 109 Å². The molecule has 0 atom stereocenters. The van der Waals surface area contributed by atoms with Crippen LogP contribution in [0.1, 0.15) is 10.4 Å². The molecule has 0 saturated carbocycles. The molecular formula is C12H13ClF2N2O. The topological polar surface area (TPSA) is 23.6 Å². The fraction of sp³-hybridized carbons (Fsp3) is 0.417. The third kappa shape index (κ3) is 2.47. The van der Waals surface area contributed by atoms with Gasteiger partial charge in [0.05, 0.1) is 10.6 Å². The van der Waals surface area contributed by atoms with Crippen molar-refractivity contribution in [1.29, 1.82) is 0 Å². The maximum atomic E-state index is 13.3. The van der Waals surface area contributed by atoms with Crippen molar-refractivity contribution >= 4 is 17.5 Å². The molecule has 0 N–H and O–H groups in total. The smallest absolute Gasteiger partial charge is 0.255 e. The summed E-state index contributed by atoms with van der Waals surface area (Å²) >= 11 is 5.67. The van der Waals surface area contributed by atoms with Crippen LogP contribution in [0.5, 0.6) is 0 Å². The maximum absolute atomic E-state index is 13.3. The highest BCUT2D eigenvalue weighted by atomic mass is 35.5. The number of carbonyl (C=O) groups excluding carboxylic acids is 1. The van der Waals surface area contributed by atoms with Gasteiger partial charge in [0.25, 0.3) is 5.91 Å². The van der Waals surface area contributed by atoms with E-state index in [-0.39, 0.29) is 11.5 Å². The second-order valence-corrected chi connectivity index (χ2v) is 4.70. The van der Waals surface area contributed by atoms with Crippen molar-refractivity contribution in [3.05, 3.63) is 34.4 Å². The zero-order chi connectivity index (χ0) is 13.3. The predicted molar refractivity (Wildman–Crippen MR) is 64.8 cm³/mol. The zero-order valence-corrected chi connectivity index (χ0v) is 10.7. The van der Waals surface area contributed by atoms with Gasteiger partial charge in [-0.1, -0.05) is 11.6 Å². The van der Waals surface area contributed by atoms with Crippen LogP contribution >= 0.6 is 11.6 Å². The van der Waals surface area contributed by atoms with Crippen LogP contribution < -0.4 is 0 Å². The second kappa shape index (κ2) is 5.20. The van der Waals surface area contributed by atoms with E-state index in [1.807, 2.05) is 7.05 Å². The Morgan fingerprint density at radius 3 is 2.44 bits per heavy atom. The van der Waals surface area contributed by atoms with E-state index in [1.165, 1.54) is 6.07 Å². The summed E-state index contributed by atoms with van der Waals surface area (Å²) in [6.45, 7) is 2.63. The number of benzene rings is 1. The molecule has 0 radical (unpaired) electrons. The van der Waals surface area contributed by atoms with Crippen LogP contribution in [-0.2, 0) is 0 Å². The lowest BCUT2D eigenvalue weighted by Crippen LogP contribution is -2.47. The lowest BCUT2D eigenvalue weighted by atomic mass is 10.1. The van der Waals surface area contributed by atoms with E-state index >= 15 is 0 Å². The Morgan fingerprint density at radius 2 is 1.83 bits per heavy atom. The van der Waals surface area contributed by atoms with Crippen LogP contribution in [0.4, 0.5) is 8.78 Å². The number of amides is 1. The molecule has 0 aliphatic carbocycles. The molecule has 6 heteroatoms. The van der Waals surface area contributed by atoms with Crippen LogP contribution in [0.3, 0.4) is 0 Å². The van der Waals surface area contributed by atoms with E-state index in [1.54, 1.807) is 4.90 Å². The van der Waals surface area contributed by atoms with Gasteiger partial charge in [-0.3, -0.25) is 4.79 Å². The average molecular weight is 275 g/mol. The second-order valence-electron chi connectivity index (χ2n) is 4.32. The molecule has 0 unspecified atom stereocenters. The van der Waals surface area contributed by atoms with Gasteiger partial charge in [0, 0.05) is 26.2 Å². The lowest BCUT2D eigenvalue weighted by Gasteiger charge is -2.32. The van der Waals surface area contributed by atoms with Gasteiger partial charge in [-0.15, -0.1) is 0 Å². The molecule has 1 aliphatic heterocycles. The van der Waals surface area contributed by atoms with Gasteiger partial charge >= 0.3 is 0 Å². The molecule has 98 valence electrons. The van der Waals surface area contributed by atoms with Crippen LogP contribution in [-0.4, -0.2) is 48.9 Å². The Kier molecular flexibility index (Phi) is 3.82. The fourth-order valence-corrected chi connectivity index (χ4v) is 2.11. The molecule has 0 spiro atoms. The summed E-state index contributed by atoms with van der Waals surface area (Å²) in [7, 11) is 1.96. The van der Waals surface area contributed by atoms with Crippen LogP contribution in [0, 0.1) is 11.6 Å². The minimum Gasteiger partial charge on any atom is -0.336 e. The Hall–Kier alpha value is -1.20. The monoisotopic (exact) mass is 274 g/mol. The van der Waals surface area contributed by atoms with Crippen molar-refractivity contribution < 1.29 is 13.6 Å². The number of likely N-dealkylation sites (N-methyl/N-ethyl adjacent to an activating group) is 1. The molecule has 2 rings (SSSR count). The van der Waals surface area contributed by atoms with Gasteiger partial charge in [0.1, 0.15) is 0 Å². The van der Waals surface area contributed by atoms with E-state index in [2.05, 4.69) is 4.90 Å². The summed E-state index contributed by atoms with van der Waals surface area (Å²) in [5.41, 5.74) is 0.0140. The summed E-state index contributed by atoms with van der Waals surface area (Å²) in [5, 5.41) is -0.445. The van der Waals surface area contributed by atoms with Crippen molar-refractivity contribution in [2.75, 3.05) is 33.2 Å². The van der Waals surface area contributed by atoms with Crippen LogP contribution in [0.2, 0.25) is 5.02 Å². The number of carbonyl (C=O) groups is 1. The van der Waals surface area contributed by atoms with E-state index in [0.29, 0.717) is 13.1 Å². The predicted octanol–water partition coefficient (Wildman–Crippen LogP) is 2.01. The molecule has 1 aromatic carbocycles. The maximum Gasteiger partial charge on any atom is 0.255 e. The fourth-order valence-electron chi connectivity index (χ4n) is 1.87. The zero-order valence-electron chi connectivity index (χ0n) is 9.92. The molecule has 3 nitrogen and oxygen atoms in total. The first-order chi connectivity index (χ1) is 8.50. The minimum atomic E-state index is -1.17. The third-order valence-electron chi connectivity index (χ3n) is 3.06. The summed E-state index contributed by atoms with van der Waals surface area (Å²) in [6, 6.07) is 2.14. The molecule has 1 aliphatic rings. The van der Waals surface area contributed by atoms with Crippen molar-refractivity contribution in [2.45, 2.75) is 0 Å². The van der Waals surface area contributed by atoms with E-state index in [4.69, 9.17) is 11.6 Å². The Morgan fingerprint density at radius 1 is 1.22 bits per heavy atom. The third-order valence-corrected chi connectivity index (χ3v) is 3.43. The van der Waals surface area contributed by atoms with Crippen molar-refractivity contribution in [2.24, 2.45) is 0 Å². The first-order valence-corrected chi connectivity index (χ1v) is 6.00. The average Bonchev–Trinajstić information content (AvgIpc) is 2.36. The molecule has 1 fully saturated rings. The van der Waals surface area contributed by atoms with Gasteiger partial charge in [-0.25, -0.2) is 8.78 Å². The van der Waals surface area contributed by atoms with Crippen LogP contribution in [0.25, 0.3) is 0 Å². The molecular weight excluding hydrogens is 262 g/mol. The summed E-state index contributed by atoms with van der Waals surface area (Å²) in [5.74, 6) is -2.57. The highest BCUT2D eigenvalue weighted by Crippen LogP contribution is 2.24. The van der Waals surface area contributed by atoms with Gasteiger partial charge < -0.3 is 9.80 Å². The number of hydrogen-bond donors (Lipinski definition) is 0. The molecule has 1 saturated heterocycles. The number of hydrogen-bond acceptors (Lipinski definition) is 2. The van der Waals surface area contributed by atoms with E-state index in [9.17, 15) is 13.6 Å². The number of nitrogens with zero attached hydrogens (tertiary/aromatic N) is 2. The summed E-state index contributed by atoms with van der Waals surface area (Å²) < 4.78 is 26.2. The minimum absolute atomic E-state index is 0.0140. The standard InChI is InChI=1S/C12H13ClF2N2O/c1-16-4-6-17(7-5-16)12(18)8-2-3-9(14)11(15)10(8)13/h2-3H,4-7H2,1H3. The summed E-state index contributed by atoms with van der Waals surface area (Å²) in [4.78, 5) is 15.8. The molecule has 1 amide bonds. The summed E-state index contributed by atoms with van der Waals surface area (Å²) in [6.07, 6.45) is 0. The number of piperazine rings is 1. The van der Waals surface area contributed by atoms with Gasteiger partial charge in [0.2, 0.25) is 0 Å². The Balaban J connectivity index is 2.21. The molecule has 1 aromatic rings. The van der Waals surface area contributed by atoms with E-state index in [0.717, 1.165) is 19.2 Å². The molecule has 0 aromatic heterocycles. The first-order valence-electron chi connectivity index (χ1n) is 5.62. The van der Waals surface area contributed by atoms with Crippen molar-refractivity contribution in [1.82, 2.24) is 9.80 Å². The van der Waals surface area contributed by atoms with E-state index < -0.39 is 16.7 Å². The highest BCUT2D eigenvalue weighted by molar-refractivity contribution is 6.34. The first kappa shape index (κ1) is 13.2. The van der Waals surface area contributed by atoms with Crippen LogP contribution in [0.15, 0.2) is 12.1 Å². The Bertz CT molecular complexity index is 473. The van der Waals surface area contributed by atoms with Gasteiger partial charge in [-0.05, 0) is 19.2 Å². The SMILES string of the molecule is CN1CCN(C(=O)c2ccc(F)c(F)c2Cl)CC1. The number of rotatable bonds is 1. The lowest BCUT2D eigenvalue weighted by molar-refractivity contribution is 0.0663. The normalized spacial score (nSPS) is 17.0. The van der Waals surface area contributed by atoms with Crippen molar-refractivity contribution in [3.8, 4) is 0 Å². The molecule has 0 bridgehead atoms. The quantitative estimate of drug-likeness (QED) is 0.732. The molecule has 1 heterocycles. The molecule has 18 heavy (non-hydrogen) atoms. The van der Waals surface area contributed by atoms with Gasteiger partial charge in [-0.2, -0.15) is 0 Å².